The third-order valence-corrected chi connectivity index (χ3v) is 15.7. The summed E-state index contributed by atoms with van der Waals surface area (Å²) in [5.41, 5.74) is 0. The summed E-state index contributed by atoms with van der Waals surface area (Å²) in [6, 6.07) is 6.91. The van der Waals surface area contributed by atoms with Crippen LogP contribution in [0.1, 0.15) is 119 Å². The highest BCUT2D eigenvalue weighted by Crippen LogP contribution is 2.65. The first-order valence-corrected chi connectivity index (χ1v) is 26.5. The molecule has 3 aromatic heterocycles. The van der Waals surface area contributed by atoms with Crippen LogP contribution in [0.4, 0.5) is 0 Å². The monoisotopic (exact) mass is 900 g/mol. The first-order chi connectivity index (χ1) is 31.1. The molecule has 0 saturated carbocycles. The molecule has 0 aliphatic rings. The van der Waals surface area contributed by atoms with Gasteiger partial charge in [0, 0.05) is 94.9 Å². The Kier molecular flexibility index (Phi) is 12.3. The summed E-state index contributed by atoms with van der Waals surface area (Å²) in [4.78, 5) is 0. The van der Waals surface area contributed by atoms with E-state index in [2.05, 4.69) is 75.9 Å². The summed E-state index contributed by atoms with van der Waals surface area (Å²) in [7, 11) is 0. The van der Waals surface area contributed by atoms with Crippen LogP contribution in [0.2, 0.25) is 0 Å². The van der Waals surface area contributed by atoms with Crippen molar-refractivity contribution >= 4 is 129 Å². The molecule has 0 fully saturated rings. The van der Waals surface area contributed by atoms with Crippen LogP contribution in [-0.2, 0) is 0 Å². The van der Waals surface area contributed by atoms with Crippen LogP contribution < -0.4 is 28.4 Å². The molecule has 10 aromatic rings. The Balaban J connectivity index is 1.55. The number of rotatable bonds is 24. The van der Waals surface area contributed by atoms with E-state index in [1.165, 1.54) is 62.6 Å². The highest BCUT2D eigenvalue weighted by Gasteiger charge is 2.37. The lowest BCUT2D eigenvalue weighted by atomic mass is 9.79. The maximum atomic E-state index is 7.17. The van der Waals surface area contributed by atoms with E-state index >= 15 is 0 Å². The molecule has 3 heterocycles. The van der Waals surface area contributed by atoms with Gasteiger partial charge in [0.2, 0.25) is 0 Å². The zero-order valence-corrected chi connectivity index (χ0v) is 40.3. The molecule has 63 heavy (non-hydrogen) atoms. The molecule has 7 aromatic carbocycles. The molecule has 0 unspecified atom stereocenters. The molecule has 0 spiro atoms. The van der Waals surface area contributed by atoms with Crippen molar-refractivity contribution in [1.82, 2.24) is 0 Å². The van der Waals surface area contributed by atoms with Gasteiger partial charge >= 0.3 is 0 Å². The van der Waals surface area contributed by atoms with Crippen LogP contribution in [-0.4, -0.2) is 39.6 Å². The number of fused-ring (bicyclic) bond motifs is 9. The third-order valence-electron chi connectivity index (χ3n) is 12.9. The topological polar surface area (TPSA) is 55.4 Å². The summed E-state index contributed by atoms with van der Waals surface area (Å²) in [5.74, 6) is 5.18. The average molecular weight is 901 g/mol. The molecule has 0 bridgehead atoms. The number of unbranched alkanes of at least 4 members (excludes halogenated alkanes) is 6. The van der Waals surface area contributed by atoms with Crippen molar-refractivity contribution < 1.29 is 28.4 Å². The zero-order valence-electron chi connectivity index (χ0n) is 37.9. The smallest absolute Gasteiger partial charge is 0.171 e. The Labute approximate surface area is 382 Å². The van der Waals surface area contributed by atoms with Gasteiger partial charge in [-0.2, -0.15) is 0 Å². The molecule has 0 N–H and O–H groups in total. The third kappa shape index (κ3) is 6.64. The Morgan fingerprint density at radius 3 is 0.714 bits per heavy atom. The zero-order chi connectivity index (χ0) is 43.2. The van der Waals surface area contributed by atoms with Gasteiger partial charge in [0.05, 0.1) is 39.6 Å². The van der Waals surface area contributed by atoms with E-state index in [1.807, 2.05) is 0 Å². The van der Waals surface area contributed by atoms with Gasteiger partial charge < -0.3 is 28.4 Å². The Morgan fingerprint density at radius 1 is 0.286 bits per heavy atom. The van der Waals surface area contributed by atoms with Gasteiger partial charge in [-0.25, -0.2) is 0 Å². The largest absolute Gasteiger partial charge is 0.489 e. The fraction of sp³-hybridized carbons (Fsp3) is 0.444. The SMILES string of the molecule is CCCCOc1c(OCCCC)c2c3ccsc3c3c(OCCCC)c(OCCCC)c4c5sccc5c5c(OCCCC)c(OCCCC)c6c7sccc7c1c1c2c3c4c5c61. The van der Waals surface area contributed by atoms with E-state index in [9.17, 15) is 0 Å². The fourth-order valence-electron chi connectivity index (χ4n) is 9.87. The van der Waals surface area contributed by atoms with Gasteiger partial charge in [0.1, 0.15) is 0 Å². The quantitative estimate of drug-likeness (QED) is 0.0342. The second-order valence-electron chi connectivity index (χ2n) is 17.2. The lowest BCUT2D eigenvalue weighted by Crippen LogP contribution is -2.08. The van der Waals surface area contributed by atoms with Crippen molar-refractivity contribution in [3.05, 3.63) is 34.3 Å². The van der Waals surface area contributed by atoms with E-state index < -0.39 is 0 Å². The molecule has 6 nitrogen and oxygen atoms in total. The second kappa shape index (κ2) is 18.2. The molecule has 330 valence electrons. The number of ether oxygens (including phenoxy) is 6. The van der Waals surface area contributed by atoms with Crippen molar-refractivity contribution in [2.45, 2.75) is 119 Å². The molecule has 0 atom stereocenters. The van der Waals surface area contributed by atoms with E-state index in [0.717, 1.165) is 144 Å². The maximum Gasteiger partial charge on any atom is 0.171 e. The van der Waals surface area contributed by atoms with Crippen molar-refractivity contribution in [2.24, 2.45) is 0 Å². The molecule has 0 radical (unpaired) electrons. The van der Waals surface area contributed by atoms with Gasteiger partial charge in [-0.05, 0) is 72.9 Å². The second-order valence-corrected chi connectivity index (χ2v) is 19.9. The number of hydrogen-bond acceptors (Lipinski definition) is 9. The Hall–Kier alpha value is -4.44. The minimum Gasteiger partial charge on any atom is -0.489 e. The van der Waals surface area contributed by atoms with Crippen LogP contribution in [0.25, 0.3) is 94.9 Å². The van der Waals surface area contributed by atoms with Crippen molar-refractivity contribution in [1.29, 1.82) is 0 Å². The summed E-state index contributed by atoms with van der Waals surface area (Å²) in [6.45, 7) is 17.1. The Bertz CT molecular complexity index is 2600. The summed E-state index contributed by atoms with van der Waals surface area (Å²) < 4.78 is 46.6. The highest BCUT2D eigenvalue weighted by atomic mass is 32.1. The van der Waals surface area contributed by atoms with Crippen LogP contribution in [0, 0.1) is 0 Å². The minimum atomic E-state index is 0.612. The average Bonchev–Trinajstić information content (AvgIpc) is 4.10. The van der Waals surface area contributed by atoms with Crippen molar-refractivity contribution in [2.75, 3.05) is 39.6 Å². The van der Waals surface area contributed by atoms with Crippen molar-refractivity contribution in [3.8, 4) is 34.5 Å². The lowest BCUT2D eigenvalue weighted by Gasteiger charge is -2.29. The van der Waals surface area contributed by atoms with Crippen LogP contribution in [0.5, 0.6) is 34.5 Å². The van der Waals surface area contributed by atoms with Crippen LogP contribution in [0.15, 0.2) is 34.3 Å². The molecule has 0 aliphatic carbocycles. The molecule has 0 aliphatic heterocycles. The first kappa shape index (κ1) is 42.5. The molecular weight excluding hydrogens is 841 g/mol. The standard InChI is InChI=1S/C54H60O6S3/c1-7-13-22-55-46-34-31-19-28-61-52(31)43-40-37(34)38-35(47(46)56-23-14-8-2)32-20-29-62-53(32)44-41(38)42-39(40)36(48(57-24-15-9-3)49(43)58-25-16-10-4)33-21-30-63-54(33)45(42)51(60-27-18-12-6)50(44)59-26-17-11-5/h19-21,28-30H,7-18,22-27H2,1-6H3. The fourth-order valence-corrected chi connectivity index (χ4v) is 12.7. The van der Waals surface area contributed by atoms with Crippen LogP contribution in [0.3, 0.4) is 0 Å². The predicted octanol–water partition coefficient (Wildman–Crippen LogP) is 17.6. The van der Waals surface area contributed by atoms with Gasteiger partial charge in [0.15, 0.2) is 34.5 Å². The summed E-state index contributed by atoms with van der Waals surface area (Å²) >= 11 is 5.37. The molecular formula is C54H60O6S3. The maximum absolute atomic E-state index is 7.17. The minimum absolute atomic E-state index is 0.612. The predicted molar refractivity (Wildman–Crippen MR) is 274 cm³/mol. The molecule has 9 heteroatoms. The Morgan fingerprint density at radius 2 is 0.492 bits per heavy atom. The van der Waals surface area contributed by atoms with Gasteiger partial charge in [0.25, 0.3) is 0 Å². The summed E-state index contributed by atoms with van der Waals surface area (Å²) in [6.07, 6.45) is 12.0. The van der Waals surface area contributed by atoms with Gasteiger partial charge in [-0.1, -0.05) is 80.1 Å². The van der Waals surface area contributed by atoms with E-state index in [-0.39, 0.29) is 0 Å². The van der Waals surface area contributed by atoms with E-state index in [4.69, 9.17) is 28.4 Å². The normalized spacial score (nSPS) is 12.5. The number of thiophene rings is 3. The molecule has 0 amide bonds. The number of hydrogen-bond donors (Lipinski definition) is 0. The van der Waals surface area contributed by atoms with Crippen molar-refractivity contribution in [3.63, 3.8) is 0 Å². The first-order valence-electron chi connectivity index (χ1n) is 23.9. The summed E-state index contributed by atoms with van der Waals surface area (Å²) in [5, 5.41) is 24.4. The van der Waals surface area contributed by atoms with Gasteiger partial charge in [-0.15, -0.1) is 34.0 Å². The molecule has 0 saturated heterocycles. The highest BCUT2D eigenvalue weighted by molar-refractivity contribution is 7.19. The van der Waals surface area contributed by atoms with Crippen LogP contribution >= 0.6 is 34.0 Å². The van der Waals surface area contributed by atoms with E-state index in [1.54, 1.807) is 34.0 Å². The van der Waals surface area contributed by atoms with E-state index in [0.29, 0.717) is 39.6 Å². The molecule has 10 rings (SSSR count). The number of benzene rings is 7. The van der Waals surface area contributed by atoms with Gasteiger partial charge in [-0.3, -0.25) is 0 Å². The lowest BCUT2D eigenvalue weighted by molar-refractivity contribution is 0.267.